The first-order chi connectivity index (χ1) is 13.5. The van der Waals surface area contributed by atoms with E-state index in [0.717, 1.165) is 22.6 Å². The summed E-state index contributed by atoms with van der Waals surface area (Å²) in [5, 5.41) is 3.35. The molecule has 2 aromatic carbocycles. The number of rotatable bonds is 3. The zero-order valence-corrected chi connectivity index (χ0v) is 15.8. The summed E-state index contributed by atoms with van der Waals surface area (Å²) in [7, 11) is 0. The Morgan fingerprint density at radius 2 is 2.00 bits per heavy atom. The normalized spacial score (nSPS) is 24.1. The fourth-order valence-corrected chi connectivity index (χ4v) is 4.26. The number of carbonyl (C=O) groups excluding carboxylic acids is 1. The van der Waals surface area contributed by atoms with Crippen LogP contribution < -0.4 is 19.5 Å². The number of nitrogens with one attached hydrogen (secondary N) is 1. The number of carbonyl (C=O) groups is 1. The lowest BCUT2D eigenvalue weighted by atomic mass is 9.78. The van der Waals surface area contributed by atoms with Gasteiger partial charge in [0.25, 0.3) is 0 Å². The summed E-state index contributed by atoms with van der Waals surface area (Å²) in [5.41, 5.74) is 2.81. The van der Waals surface area contributed by atoms with Gasteiger partial charge in [0.15, 0.2) is 17.2 Å². The Kier molecular flexibility index (Phi) is 3.75. The summed E-state index contributed by atoms with van der Waals surface area (Å²) in [5.74, 6) is 1.83. The van der Waals surface area contributed by atoms with Crippen molar-refractivity contribution in [3.8, 4) is 17.2 Å². The molecule has 2 aromatic rings. The van der Waals surface area contributed by atoms with Crippen molar-refractivity contribution in [2.75, 3.05) is 6.79 Å². The molecule has 6 heteroatoms. The van der Waals surface area contributed by atoms with E-state index in [9.17, 15) is 4.79 Å². The molecule has 0 fully saturated rings. The Balaban J connectivity index is 1.39. The minimum Gasteiger partial charge on any atom is -0.468 e. The average Bonchev–Trinajstić information content (AvgIpc) is 3.13. The molecular weight excluding hydrogens is 358 g/mol. The number of ether oxygens (including phenoxy) is 4. The van der Waals surface area contributed by atoms with Crippen molar-refractivity contribution in [2.45, 2.75) is 38.5 Å². The monoisotopic (exact) mass is 379 g/mol. The zero-order chi connectivity index (χ0) is 19.3. The van der Waals surface area contributed by atoms with Gasteiger partial charge in [0.05, 0.1) is 5.57 Å². The highest BCUT2D eigenvalue weighted by Crippen LogP contribution is 2.47. The minimum absolute atomic E-state index is 0.0551. The van der Waals surface area contributed by atoms with Gasteiger partial charge in [-0.25, -0.2) is 4.79 Å². The molecule has 2 atom stereocenters. The van der Waals surface area contributed by atoms with E-state index >= 15 is 0 Å². The van der Waals surface area contributed by atoms with Gasteiger partial charge < -0.3 is 24.3 Å². The van der Waals surface area contributed by atoms with Crippen LogP contribution >= 0.6 is 0 Å². The highest BCUT2D eigenvalue weighted by atomic mass is 16.7. The first-order valence-corrected chi connectivity index (χ1v) is 9.35. The predicted molar refractivity (Wildman–Crippen MR) is 101 cm³/mol. The topological polar surface area (TPSA) is 66.0 Å². The van der Waals surface area contributed by atoms with Crippen LogP contribution in [0.25, 0.3) is 0 Å². The van der Waals surface area contributed by atoms with Gasteiger partial charge in [-0.1, -0.05) is 24.3 Å². The van der Waals surface area contributed by atoms with Crippen molar-refractivity contribution in [2.24, 2.45) is 0 Å². The molecule has 3 aliphatic heterocycles. The van der Waals surface area contributed by atoms with Crippen LogP contribution in [0, 0.1) is 0 Å². The molecule has 1 N–H and O–H groups in total. The lowest BCUT2D eigenvalue weighted by molar-refractivity contribution is -0.141. The summed E-state index contributed by atoms with van der Waals surface area (Å²) in [6.07, 6.45) is 0.676. The van der Waals surface area contributed by atoms with Crippen LogP contribution in [0.1, 0.15) is 37.3 Å². The number of hydrogen-bond acceptors (Lipinski definition) is 6. The van der Waals surface area contributed by atoms with Crippen molar-refractivity contribution in [1.29, 1.82) is 0 Å². The molecule has 0 radical (unpaired) electrons. The lowest BCUT2D eigenvalue weighted by Crippen LogP contribution is -2.54. The van der Waals surface area contributed by atoms with Gasteiger partial charge in [0.2, 0.25) is 6.79 Å². The fourth-order valence-electron chi connectivity index (χ4n) is 4.26. The minimum atomic E-state index is -0.524. The Morgan fingerprint density at radius 1 is 1.18 bits per heavy atom. The first kappa shape index (κ1) is 17.0. The quantitative estimate of drug-likeness (QED) is 0.822. The number of benzene rings is 2. The molecule has 0 spiro atoms. The summed E-state index contributed by atoms with van der Waals surface area (Å²) in [6, 6.07) is 13.4. The van der Waals surface area contributed by atoms with E-state index < -0.39 is 5.72 Å². The maximum Gasteiger partial charge on any atom is 0.336 e. The van der Waals surface area contributed by atoms with E-state index in [1.807, 2.05) is 56.3 Å². The molecule has 3 aliphatic rings. The third-order valence-electron chi connectivity index (χ3n) is 5.45. The zero-order valence-electron chi connectivity index (χ0n) is 15.8. The Bertz CT molecular complexity index is 998. The highest BCUT2D eigenvalue weighted by Gasteiger charge is 2.45. The highest BCUT2D eigenvalue weighted by molar-refractivity contribution is 5.91. The van der Waals surface area contributed by atoms with Crippen LogP contribution in [0.4, 0.5) is 0 Å². The Hall–Kier alpha value is -3.15. The maximum absolute atomic E-state index is 13.0. The largest absolute Gasteiger partial charge is 0.468 e. The predicted octanol–water partition coefficient (Wildman–Crippen LogP) is 3.62. The van der Waals surface area contributed by atoms with Gasteiger partial charge in [0, 0.05) is 23.6 Å². The number of allylic oxidation sites excluding steroid dienone is 1. The lowest BCUT2D eigenvalue weighted by Gasteiger charge is -2.45. The Morgan fingerprint density at radius 3 is 2.89 bits per heavy atom. The number of fused-ring (bicyclic) bond motifs is 5. The fraction of sp³-hybridized carbons (Fsp3) is 0.318. The number of hydrogen-bond donors (Lipinski definition) is 1. The third-order valence-corrected chi connectivity index (χ3v) is 5.45. The van der Waals surface area contributed by atoms with E-state index in [1.165, 1.54) is 0 Å². The van der Waals surface area contributed by atoms with Gasteiger partial charge in [-0.2, -0.15) is 0 Å². The van der Waals surface area contributed by atoms with E-state index in [4.69, 9.17) is 18.9 Å². The van der Waals surface area contributed by atoms with Crippen molar-refractivity contribution in [1.82, 2.24) is 5.32 Å². The third kappa shape index (κ3) is 2.76. The molecule has 28 heavy (non-hydrogen) atoms. The second-order valence-corrected chi connectivity index (χ2v) is 7.55. The number of esters is 1. The second-order valence-electron chi connectivity index (χ2n) is 7.55. The van der Waals surface area contributed by atoms with Gasteiger partial charge in [-0.05, 0) is 37.6 Å². The summed E-state index contributed by atoms with van der Waals surface area (Å²) in [6.45, 7) is 4.31. The van der Waals surface area contributed by atoms with E-state index in [-0.39, 0.29) is 25.3 Å². The van der Waals surface area contributed by atoms with Gasteiger partial charge >= 0.3 is 5.97 Å². The molecule has 144 valence electrons. The molecule has 3 heterocycles. The van der Waals surface area contributed by atoms with E-state index in [0.29, 0.717) is 23.5 Å². The number of para-hydroxylation sites is 1. The van der Waals surface area contributed by atoms with Crippen molar-refractivity contribution < 1.29 is 23.7 Å². The molecule has 6 nitrogen and oxygen atoms in total. The molecule has 2 bridgehead atoms. The molecular formula is C22H21NO5. The Labute approximate surface area is 163 Å². The molecule has 0 saturated heterocycles. The molecule has 5 rings (SSSR count). The summed E-state index contributed by atoms with van der Waals surface area (Å²) < 4.78 is 22.5. The molecule has 0 saturated carbocycles. The van der Waals surface area contributed by atoms with Crippen LogP contribution in [-0.4, -0.2) is 18.5 Å². The van der Waals surface area contributed by atoms with Crippen LogP contribution in [0.3, 0.4) is 0 Å². The molecule has 0 aliphatic carbocycles. The first-order valence-electron chi connectivity index (χ1n) is 9.35. The van der Waals surface area contributed by atoms with Crippen LogP contribution in [0.5, 0.6) is 17.2 Å². The average molecular weight is 379 g/mol. The summed E-state index contributed by atoms with van der Waals surface area (Å²) in [4.78, 5) is 13.0. The van der Waals surface area contributed by atoms with Crippen LogP contribution in [-0.2, 0) is 16.1 Å². The van der Waals surface area contributed by atoms with Crippen molar-refractivity contribution in [3.05, 3.63) is 64.9 Å². The van der Waals surface area contributed by atoms with Gasteiger partial charge in [-0.3, -0.25) is 0 Å². The van der Waals surface area contributed by atoms with Crippen LogP contribution in [0.15, 0.2) is 53.7 Å². The SMILES string of the molecule is CC1=C(C(=O)OCc2ccc3c(c2)OCO3)[C@H]2C[C@](C)(N1)Oc1ccccc12. The second kappa shape index (κ2) is 6.19. The smallest absolute Gasteiger partial charge is 0.336 e. The molecule has 0 unspecified atom stereocenters. The van der Waals surface area contributed by atoms with Gasteiger partial charge in [0.1, 0.15) is 12.4 Å². The standard InChI is InChI=1S/C22H21NO5/c1-13-20(16-10-22(2,23-13)28-17-6-4-3-5-15(16)17)21(24)25-11-14-7-8-18-19(9-14)27-12-26-18/h3-9,16,23H,10-12H2,1-2H3/t16-,22+/m0/s1. The molecule has 0 aromatic heterocycles. The summed E-state index contributed by atoms with van der Waals surface area (Å²) >= 11 is 0. The maximum atomic E-state index is 13.0. The van der Waals surface area contributed by atoms with E-state index in [2.05, 4.69) is 5.32 Å². The van der Waals surface area contributed by atoms with Crippen molar-refractivity contribution >= 4 is 5.97 Å². The van der Waals surface area contributed by atoms with Gasteiger partial charge in [-0.15, -0.1) is 0 Å². The van der Waals surface area contributed by atoms with E-state index in [1.54, 1.807) is 0 Å². The van der Waals surface area contributed by atoms with Crippen LogP contribution in [0.2, 0.25) is 0 Å². The molecule has 0 amide bonds. The van der Waals surface area contributed by atoms with Crippen molar-refractivity contribution in [3.63, 3.8) is 0 Å².